The molecule has 0 aliphatic heterocycles. The summed E-state index contributed by atoms with van der Waals surface area (Å²) in [5, 5.41) is 20.8. The summed E-state index contributed by atoms with van der Waals surface area (Å²) in [7, 11) is 0. The van der Waals surface area contributed by atoms with E-state index in [1.807, 2.05) is 0 Å². The van der Waals surface area contributed by atoms with Crippen molar-refractivity contribution >= 4 is 0 Å². The number of aliphatic hydroxyl groups excluding tert-OH is 2. The number of hydrogen-bond donors (Lipinski definition) is 3. The molecule has 0 bridgehead atoms. The van der Waals surface area contributed by atoms with Crippen molar-refractivity contribution in [1.29, 1.82) is 0 Å². The van der Waals surface area contributed by atoms with E-state index in [9.17, 15) is 10.2 Å². The van der Waals surface area contributed by atoms with Crippen LogP contribution in [0.4, 0.5) is 0 Å². The molecule has 3 heteroatoms. The molecule has 7 atom stereocenters. The van der Waals surface area contributed by atoms with Crippen LogP contribution in [-0.4, -0.2) is 16.3 Å². The van der Waals surface area contributed by atoms with Crippen LogP contribution in [0, 0.1) is 34.5 Å². The fraction of sp³-hybridized carbons (Fsp3) is 0.789. The number of hydrogen-bond acceptors (Lipinski definition) is 3. The lowest BCUT2D eigenvalue weighted by molar-refractivity contribution is -0.0445. The average Bonchev–Trinajstić information content (AvgIpc) is 2.80. The largest absolute Gasteiger partial charge is 0.509 e. The summed E-state index contributed by atoms with van der Waals surface area (Å²) in [6.07, 6.45) is 10.9. The summed E-state index contributed by atoms with van der Waals surface area (Å²) in [5.41, 5.74) is 6.41. The molecule has 0 spiro atoms. The molecule has 4 aliphatic rings. The van der Waals surface area contributed by atoms with Crippen LogP contribution in [-0.2, 0) is 0 Å². The highest BCUT2D eigenvalue weighted by molar-refractivity contribution is 5.27. The molecule has 0 aromatic heterocycles. The number of nitrogens with two attached hydrogens (primary N) is 1. The predicted octanol–water partition coefficient (Wildman–Crippen LogP) is 4.07. The van der Waals surface area contributed by atoms with Crippen molar-refractivity contribution in [2.75, 3.05) is 0 Å². The first-order chi connectivity index (χ1) is 10.4. The molecule has 0 aromatic rings. The van der Waals surface area contributed by atoms with E-state index < -0.39 is 0 Å². The summed E-state index contributed by atoms with van der Waals surface area (Å²) in [5.74, 6) is 2.43. The Morgan fingerprint density at radius 3 is 2.59 bits per heavy atom. The quantitative estimate of drug-likeness (QED) is 0.591. The van der Waals surface area contributed by atoms with Crippen LogP contribution in [0.5, 0.6) is 0 Å². The smallest absolute Gasteiger partial charge is 0.136 e. The molecule has 0 heterocycles. The number of fused-ring (bicyclic) bond motifs is 5. The van der Waals surface area contributed by atoms with Crippen LogP contribution in [0.15, 0.2) is 23.7 Å². The minimum absolute atomic E-state index is 0.226. The van der Waals surface area contributed by atoms with E-state index in [2.05, 4.69) is 26.0 Å². The zero-order chi connectivity index (χ0) is 15.7. The van der Waals surface area contributed by atoms with Crippen molar-refractivity contribution in [3.63, 3.8) is 0 Å². The standard InChI is InChI=1S/C19H29NO2/c1-18-10-9-14-12(13(18)6-8-16(18)20)5-3-11-4-7-15(21)17(22)19(11,14)2/h3,5,11-14,16,21-22H,4,6-10,20H2,1-2H3/t11?,12-,13-,14-,16-,18-,19-/m0/s1. The van der Waals surface area contributed by atoms with Crippen molar-refractivity contribution in [3.05, 3.63) is 23.7 Å². The van der Waals surface area contributed by atoms with E-state index in [-0.39, 0.29) is 22.3 Å². The zero-order valence-corrected chi connectivity index (χ0v) is 13.8. The molecule has 3 nitrogen and oxygen atoms in total. The summed E-state index contributed by atoms with van der Waals surface area (Å²) >= 11 is 0. The molecule has 122 valence electrons. The minimum atomic E-state index is -0.282. The highest BCUT2D eigenvalue weighted by Crippen LogP contribution is 2.64. The molecule has 0 saturated heterocycles. The van der Waals surface area contributed by atoms with E-state index >= 15 is 0 Å². The molecule has 4 N–H and O–H groups in total. The van der Waals surface area contributed by atoms with E-state index in [0.717, 1.165) is 25.7 Å². The van der Waals surface area contributed by atoms with Crippen LogP contribution in [0.1, 0.15) is 52.4 Å². The van der Waals surface area contributed by atoms with Crippen LogP contribution < -0.4 is 5.73 Å². The maximum atomic E-state index is 10.7. The van der Waals surface area contributed by atoms with Crippen LogP contribution in [0.3, 0.4) is 0 Å². The van der Waals surface area contributed by atoms with Crippen molar-refractivity contribution in [3.8, 4) is 0 Å². The van der Waals surface area contributed by atoms with Crippen LogP contribution >= 0.6 is 0 Å². The second-order valence-electron chi connectivity index (χ2n) is 8.63. The van der Waals surface area contributed by atoms with Gasteiger partial charge in [0.2, 0.25) is 0 Å². The third-order valence-electron chi connectivity index (χ3n) is 7.99. The maximum absolute atomic E-state index is 10.7. The van der Waals surface area contributed by atoms with E-state index in [1.54, 1.807) is 0 Å². The Hall–Kier alpha value is -0.960. The van der Waals surface area contributed by atoms with Gasteiger partial charge in [-0.3, -0.25) is 0 Å². The van der Waals surface area contributed by atoms with E-state index in [1.165, 1.54) is 6.42 Å². The van der Waals surface area contributed by atoms with Gasteiger partial charge in [-0.1, -0.05) is 26.0 Å². The van der Waals surface area contributed by atoms with Gasteiger partial charge < -0.3 is 15.9 Å². The molecule has 0 radical (unpaired) electrons. The van der Waals surface area contributed by atoms with E-state index in [0.29, 0.717) is 36.1 Å². The van der Waals surface area contributed by atoms with Gasteiger partial charge in [0.15, 0.2) is 0 Å². The summed E-state index contributed by atoms with van der Waals surface area (Å²) in [6, 6.07) is 0.321. The maximum Gasteiger partial charge on any atom is 0.136 e. The Morgan fingerprint density at radius 1 is 1.05 bits per heavy atom. The Morgan fingerprint density at radius 2 is 1.82 bits per heavy atom. The Labute approximate surface area is 133 Å². The topological polar surface area (TPSA) is 66.5 Å². The molecule has 0 aromatic carbocycles. The van der Waals surface area contributed by atoms with Gasteiger partial charge in [0.25, 0.3) is 0 Å². The van der Waals surface area contributed by atoms with Crippen LogP contribution in [0.2, 0.25) is 0 Å². The SMILES string of the molecule is C[C@]12CC[C@H]3[C@@H](C=CC4CCC(O)=C(O)[C@@]43C)[C@@H]1CC[C@@H]2N. The molecule has 0 amide bonds. The fourth-order valence-corrected chi connectivity index (χ4v) is 6.41. The number of aliphatic hydroxyl groups is 2. The summed E-state index contributed by atoms with van der Waals surface area (Å²) in [6.45, 7) is 4.56. The minimum Gasteiger partial charge on any atom is -0.509 e. The lowest BCUT2D eigenvalue weighted by Gasteiger charge is -2.57. The van der Waals surface area contributed by atoms with E-state index in [4.69, 9.17) is 5.73 Å². The van der Waals surface area contributed by atoms with Gasteiger partial charge in [-0.05, 0) is 61.2 Å². The fourth-order valence-electron chi connectivity index (χ4n) is 6.41. The lowest BCUT2D eigenvalue weighted by Crippen LogP contribution is -2.53. The summed E-state index contributed by atoms with van der Waals surface area (Å²) < 4.78 is 0. The van der Waals surface area contributed by atoms with Gasteiger partial charge >= 0.3 is 0 Å². The van der Waals surface area contributed by atoms with Gasteiger partial charge in [0.05, 0.1) is 0 Å². The number of rotatable bonds is 0. The molecular weight excluding hydrogens is 274 g/mol. The van der Waals surface area contributed by atoms with Gasteiger partial charge in [-0.25, -0.2) is 0 Å². The molecule has 2 saturated carbocycles. The lowest BCUT2D eigenvalue weighted by atomic mass is 9.48. The Bertz CT molecular complexity index is 554. The van der Waals surface area contributed by atoms with Gasteiger partial charge in [0.1, 0.15) is 11.5 Å². The molecule has 1 unspecified atom stereocenters. The van der Waals surface area contributed by atoms with Crippen molar-refractivity contribution in [2.45, 2.75) is 58.4 Å². The summed E-state index contributed by atoms with van der Waals surface area (Å²) in [4.78, 5) is 0. The third kappa shape index (κ3) is 1.61. The first-order valence-electron chi connectivity index (χ1n) is 8.94. The second-order valence-corrected chi connectivity index (χ2v) is 8.63. The van der Waals surface area contributed by atoms with Gasteiger partial charge in [-0.15, -0.1) is 0 Å². The van der Waals surface area contributed by atoms with Crippen molar-refractivity contribution in [1.82, 2.24) is 0 Å². The first kappa shape index (κ1) is 14.6. The molecule has 4 aliphatic carbocycles. The normalized spacial score (nSPS) is 53.9. The van der Waals surface area contributed by atoms with Crippen molar-refractivity contribution < 1.29 is 10.2 Å². The molecule has 2 fully saturated rings. The highest BCUT2D eigenvalue weighted by atomic mass is 16.3. The van der Waals surface area contributed by atoms with Crippen molar-refractivity contribution in [2.24, 2.45) is 40.2 Å². The molecule has 4 rings (SSSR count). The Kier molecular flexibility index (Phi) is 3.01. The monoisotopic (exact) mass is 303 g/mol. The van der Waals surface area contributed by atoms with Gasteiger partial charge in [0, 0.05) is 17.9 Å². The molecular formula is C19H29NO2. The number of allylic oxidation sites excluding steroid dienone is 4. The Balaban J connectivity index is 1.77. The van der Waals surface area contributed by atoms with Gasteiger partial charge in [-0.2, -0.15) is 0 Å². The average molecular weight is 303 g/mol. The second kappa shape index (κ2) is 4.53. The first-order valence-corrected chi connectivity index (χ1v) is 8.94. The predicted molar refractivity (Wildman–Crippen MR) is 87.3 cm³/mol. The zero-order valence-electron chi connectivity index (χ0n) is 13.8. The molecule has 22 heavy (non-hydrogen) atoms. The highest BCUT2D eigenvalue weighted by Gasteiger charge is 2.59. The third-order valence-corrected chi connectivity index (χ3v) is 7.99. The van der Waals surface area contributed by atoms with Crippen LogP contribution in [0.25, 0.3) is 0 Å².